The van der Waals surface area contributed by atoms with Crippen molar-refractivity contribution in [3.8, 4) is 0 Å². The largest absolute Gasteiger partial charge is 0.294 e. The Morgan fingerprint density at radius 2 is 1.96 bits per heavy atom. The second-order valence-electron chi connectivity index (χ2n) is 5.82. The summed E-state index contributed by atoms with van der Waals surface area (Å²) >= 11 is 5.87. The highest BCUT2D eigenvalue weighted by Crippen LogP contribution is 2.26. The molecule has 2 amide bonds. The lowest BCUT2D eigenvalue weighted by Gasteiger charge is -2.22. The molecule has 2 heterocycles. The van der Waals surface area contributed by atoms with Crippen molar-refractivity contribution in [3.63, 3.8) is 0 Å². The third-order valence-electron chi connectivity index (χ3n) is 4.19. The van der Waals surface area contributed by atoms with E-state index in [9.17, 15) is 9.59 Å². The first kappa shape index (κ1) is 16.6. The van der Waals surface area contributed by atoms with Crippen molar-refractivity contribution in [1.82, 2.24) is 9.88 Å². The van der Waals surface area contributed by atoms with Gasteiger partial charge in [-0.05, 0) is 43.4 Å². The van der Waals surface area contributed by atoms with Gasteiger partial charge in [-0.25, -0.2) is 4.90 Å². The van der Waals surface area contributed by atoms with Crippen molar-refractivity contribution in [2.45, 2.75) is 18.9 Å². The normalized spacial score (nSPS) is 17.8. The fourth-order valence-electron chi connectivity index (χ4n) is 2.81. The van der Waals surface area contributed by atoms with E-state index in [2.05, 4.69) is 4.98 Å². The molecule has 1 aliphatic heterocycles. The summed E-state index contributed by atoms with van der Waals surface area (Å²) < 4.78 is 0. The number of hydrogen-bond donors (Lipinski definition) is 0. The molecule has 6 heteroatoms. The number of imide groups is 1. The predicted octanol–water partition coefficient (Wildman–Crippen LogP) is 2.54. The van der Waals surface area contributed by atoms with Crippen molar-refractivity contribution in [1.29, 1.82) is 0 Å². The average Bonchev–Trinajstić information content (AvgIpc) is 2.89. The van der Waals surface area contributed by atoms with Crippen LogP contribution < -0.4 is 4.90 Å². The van der Waals surface area contributed by atoms with Crippen molar-refractivity contribution in [2.75, 3.05) is 18.5 Å². The fourth-order valence-corrected chi connectivity index (χ4v) is 2.94. The van der Waals surface area contributed by atoms with Crippen LogP contribution in [0.5, 0.6) is 0 Å². The summed E-state index contributed by atoms with van der Waals surface area (Å²) in [5, 5.41) is 0.571. The number of likely N-dealkylation sites (N-methyl/N-ethyl adjacent to an activating group) is 1. The van der Waals surface area contributed by atoms with Gasteiger partial charge in [0.15, 0.2) is 0 Å². The predicted molar refractivity (Wildman–Crippen MR) is 92.9 cm³/mol. The number of pyridine rings is 1. The molecule has 3 rings (SSSR count). The summed E-state index contributed by atoms with van der Waals surface area (Å²) in [6.07, 6.45) is 2.68. The minimum absolute atomic E-state index is 0.183. The van der Waals surface area contributed by atoms with Crippen LogP contribution in [0, 0.1) is 0 Å². The summed E-state index contributed by atoms with van der Waals surface area (Å²) in [5.74, 6) is -0.372. The van der Waals surface area contributed by atoms with Gasteiger partial charge < -0.3 is 0 Å². The quantitative estimate of drug-likeness (QED) is 0.783. The topological polar surface area (TPSA) is 53.5 Å². The highest BCUT2D eigenvalue weighted by Gasteiger charge is 2.41. The van der Waals surface area contributed by atoms with Crippen molar-refractivity contribution in [3.05, 3.63) is 59.4 Å². The van der Waals surface area contributed by atoms with Crippen molar-refractivity contribution >= 4 is 29.1 Å². The summed E-state index contributed by atoms with van der Waals surface area (Å²) in [4.78, 5) is 32.4. The molecule has 0 spiro atoms. The number of hydrogen-bond acceptors (Lipinski definition) is 4. The highest BCUT2D eigenvalue weighted by molar-refractivity contribution is 6.30. The molecule has 0 unspecified atom stereocenters. The van der Waals surface area contributed by atoms with E-state index in [0.717, 1.165) is 12.1 Å². The van der Waals surface area contributed by atoms with Gasteiger partial charge in [0.05, 0.1) is 18.2 Å². The Kier molecular flexibility index (Phi) is 4.92. The van der Waals surface area contributed by atoms with Gasteiger partial charge in [-0.1, -0.05) is 17.7 Å². The van der Waals surface area contributed by atoms with E-state index >= 15 is 0 Å². The van der Waals surface area contributed by atoms with Crippen LogP contribution in [-0.2, 0) is 16.0 Å². The van der Waals surface area contributed by atoms with Crippen LogP contribution in [0.1, 0.15) is 12.1 Å². The number of amides is 2. The molecule has 1 aliphatic rings. The first-order valence-electron chi connectivity index (χ1n) is 7.79. The van der Waals surface area contributed by atoms with Crippen LogP contribution in [0.15, 0.2) is 48.7 Å². The number of halogens is 1. The Balaban J connectivity index is 1.67. The number of carbonyl (C=O) groups excluding carboxylic acids is 2. The summed E-state index contributed by atoms with van der Waals surface area (Å²) in [6, 6.07) is 12.1. The molecule has 1 fully saturated rings. The Morgan fingerprint density at radius 1 is 1.21 bits per heavy atom. The van der Waals surface area contributed by atoms with Gasteiger partial charge in [0, 0.05) is 29.9 Å². The Labute approximate surface area is 145 Å². The van der Waals surface area contributed by atoms with Crippen molar-refractivity contribution < 1.29 is 9.59 Å². The Hall–Kier alpha value is -2.24. The molecular weight excluding hydrogens is 326 g/mol. The first-order valence-corrected chi connectivity index (χ1v) is 8.16. The average molecular weight is 344 g/mol. The first-order chi connectivity index (χ1) is 11.6. The number of aromatic nitrogens is 1. The van der Waals surface area contributed by atoms with Crippen LogP contribution in [-0.4, -0.2) is 41.3 Å². The summed E-state index contributed by atoms with van der Waals surface area (Å²) in [7, 11) is 1.87. The molecule has 0 aliphatic carbocycles. The molecule has 124 valence electrons. The monoisotopic (exact) mass is 343 g/mol. The summed E-state index contributed by atoms with van der Waals surface area (Å²) in [5.41, 5.74) is 1.53. The Bertz CT molecular complexity index is 734. The van der Waals surface area contributed by atoms with Gasteiger partial charge in [0.1, 0.15) is 0 Å². The third kappa shape index (κ3) is 3.47. The van der Waals surface area contributed by atoms with E-state index in [1.54, 1.807) is 30.5 Å². The molecule has 0 bridgehead atoms. The SMILES string of the molecule is CN(CCc1ccccn1)[C@H]1CC(=O)N(c2ccc(Cl)cc2)C1=O. The molecule has 1 atom stereocenters. The van der Waals surface area contributed by atoms with E-state index in [1.165, 1.54) is 4.90 Å². The standard InChI is InChI=1S/C18H18ClN3O2/c1-21(11-9-14-4-2-3-10-20-14)16-12-17(23)22(18(16)24)15-7-5-13(19)6-8-15/h2-8,10,16H,9,11-12H2,1H3/t16-/m0/s1. The lowest BCUT2D eigenvalue weighted by molar-refractivity contribution is -0.122. The van der Waals surface area contributed by atoms with Crippen LogP contribution in [0.25, 0.3) is 0 Å². The number of rotatable bonds is 5. The number of nitrogens with zero attached hydrogens (tertiary/aromatic N) is 3. The maximum absolute atomic E-state index is 12.7. The molecule has 5 nitrogen and oxygen atoms in total. The lowest BCUT2D eigenvalue weighted by atomic mass is 10.2. The van der Waals surface area contributed by atoms with Gasteiger partial charge in [0.25, 0.3) is 5.91 Å². The van der Waals surface area contributed by atoms with Crippen LogP contribution in [0.2, 0.25) is 5.02 Å². The number of benzene rings is 1. The van der Waals surface area contributed by atoms with E-state index in [-0.39, 0.29) is 18.2 Å². The minimum atomic E-state index is -0.433. The van der Waals surface area contributed by atoms with E-state index in [0.29, 0.717) is 17.3 Å². The third-order valence-corrected chi connectivity index (χ3v) is 4.44. The zero-order valence-electron chi connectivity index (χ0n) is 13.4. The van der Waals surface area contributed by atoms with Gasteiger partial charge >= 0.3 is 0 Å². The highest BCUT2D eigenvalue weighted by atomic mass is 35.5. The van der Waals surface area contributed by atoms with Gasteiger partial charge in [0.2, 0.25) is 5.91 Å². The second-order valence-corrected chi connectivity index (χ2v) is 6.25. The second kappa shape index (κ2) is 7.11. The molecule has 0 radical (unpaired) electrons. The van der Waals surface area contributed by atoms with Gasteiger partial charge in [-0.3, -0.25) is 19.5 Å². The van der Waals surface area contributed by atoms with E-state index in [4.69, 9.17) is 11.6 Å². The lowest BCUT2D eigenvalue weighted by Crippen LogP contribution is -2.41. The van der Waals surface area contributed by atoms with E-state index in [1.807, 2.05) is 30.1 Å². The smallest absolute Gasteiger partial charge is 0.251 e. The molecule has 1 aromatic carbocycles. The van der Waals surface area contributed by atoms with Gasteiger partial charge in [-0.2, -0.15) is 0 Å². The number of anilines is 1. The zero-order chi connectivity index (χ0) is 17.1. The minimum Gasteiger partial charge on any atom is -0.294 e. The maximum atomic E-state index is 12.7. The summed E-state index contributed by atoms with van der Waals surface area (Å²) in [6.45, 7) is 0.662. The fraction of sp³-hybridized carbons (Fsp3) is 0.278. The van der Waals surface area contributed by atoms with E-state index < -0.39 is 6.04 Å². The molecule has 0 saturated carbocycles. The molecule has 1 saturated heterocycles. The van der Waals surface area contributed by atoms with Crippen molar-refractivity contribution in [2.24, 2.45) is 0 Å². The Morgan fingerprint density at radius 3 is 2.62 bits per heavy atom. The van der Waals surface area contributed by atoms with Crippen LogP contribution >= 0.6 is 11.6 Å². The van der Waals surface area contributed by atoms with Gasteiger partial charge in [-0.15, -0.1) is 0 Å². The van der Waals surface area contributed by atoms with Crippen LogP contribution in [0.4, 0.5) is 5.69 Å². The molecule has 2 aromatic rings. The molecule has 1 aromatic heterocycles. The molecule has 0 N–H and O–H groups in total. The zero-order valence-corrected chi connectivity index (χ0v) is 14.1. The molecular formula is C18H18ClN3O2. The molecule has 24 heavy (non-hydrogen) atoms. The van der Waals surface area contributed by atoms with Crippen LogP contribution in [0.3, 0.4) is 0 Å². The maximum Gasteiger partial charge on any atom is 0.251 e. The number of carbonyl (C=O) groups is 2.